The van der Waals surface area contributed by atoms with Crippen molar-refractivity contribution in [1.29, 1.82) is 0 Å². The molecule has 0 fully saturated rings. The van der Waals surface area contributed by atoms with Crippen LogP contribution in [-0.4, -0.2) is 29.1 Å². The predicted molar refractivity (Wildman–Crippen MR) is 46.0 cm³/mol. The molecule has 0 aliphatic heterocycles. The minimum atomic E-state index is -1.13. The third-order valence-electron chi connectivity index (χ3n) is 1.37. The summed E-state index contributed by atoms with van der Waals surface area (Å²) in [5.41, 5.74) is 0.102. The quantitative estimate of drug-likeness (QED) is 0.722. The Kier molecular flexibility index (Phi) is 3.06. The normalized spacial score (nSPS) is 9.43. The topological polar surface area (TPSA) is 83.8 Å². The van der Waals surface area contributed by atoms with E-state index in [1.807, 2.05) is 0 Å². The van der Waals surface area contributed by atoms with Gasteiger partial charge in [0.05, 0.1) is 0 Å². The standard InChI is InChI=1S/C9H7O5/c10-4-6-1-7(11)3-8(2-6)14-5-9(12)13/h1-3,11H,5H2,(H,12,13). The summed E-state index contributed by atoms with van der Waals surface area (Å²) in [5.74, 6) is -1.19. The van der Waals surface area contributed by atoms with Crippen molar-refractivity contribution >= 4 is 12.3 Å². The number of aromatic hydroxyl groups is 1. The molecule has 0 unspecified atom stereocenters. The third kappa shape index (κ3) is 2.78. The molecule has 14 heavy (non-hydrogen) atoms. The lowest BCUT2D eigenvalue weighted by atomic mass is 10.2. The van der Waals surface area contributed by atoms with Gasteiger partial charge in [0.2, 0.25) is 6.29 Å². The lowest BCUT2D eigenvalue weighted by Crippen LogP contribution is -2.09. The first kappa shape index (κ1) is 10.0. The molecule has 1 rings (SSSR count). The van der Waals surface area contributed by atoms with Crippen molar-refractivity contribution in [2.24, 2.45) is 0 Å². The van der Waals surface area contributed by atoms with E-state index >= 15 is 0 Å². The Bertz CT molecular complexity index is 358. The highest BCUT2D eigenvalue weighted by Crippen LogP contribution is 2.20. The van der Waals surface area contributed by atoms with Crippen LogP contribution in [0.4, 0.5) is 0 Å². The predicted octanol–water partition coefficient (Wildman–Crippen LogP) is 0.313. The summed E-state index contributed by atoms with van der Waals surface area (Å²) in [7, 11) is 0. The molecule has 1 aromatic rings. The van der Waals surface area contributed by atoms with Gasteiger partial charge in [-0.3, -0.25) is 4.79 Å². The summed E-state index contributed by atoms with van der Waals surface area (Å²) in [5, 5.41) is 17.4. The van der Waals surface area contributed by atoms with Gasteiger partial charge in [0.1, 0.15) is 11.5 Å². The van der Waals surface area contributed by atoms with Crippen molar-refractivity contribution in [3.63, 3.8) is 0 Å². The molecule has 73 valence electrons. The van der Waals surface area contributed by atoms with E-state index in [2.05, 4.69) is 0 Å². The van der Waals surface area contributed by atoms with Crippen molar-refractivity contribution in [3.05, 3.63) is 23.8 Å². The first-order valence-corrected chi connectivity index (χ1v) is 3.68. The van der Waals surface area contributed by atoms with Gasteiger partial charge in [0, 0.05) is 11.6 Å². The lowest BCUT2D eigenvalue weighted by molar-refractivity contribution is -0.139. The van der Waals surface area contributed by atoms with Gasteiger partial charge in [0.25, 0.3) is 0 Å². The maximum absolute atomic E-state index is 10.2. The fraction of sp³-hybridized carbons (Fsp3) is 0.111. The van der Waals surface area contributed by atoms with Crippen molar-refractivity contribution in [2.75, 3.05) is 6.61 Å². The molecule has 0 saturated heterocycles. The molecule has 5 nitrogen and oxygen atoms in total. The van der Waals surface area contributed by atoms with Crippen LogP contribution in [-0.2, 0) is 9.59 Å². The van der Waals surface area contributed by atoms with E-state index in [9.17, 15) is 9.59 Å². The fourth-order valence-electron chi connectivity index (χ4n) is 0.871. The van der Waals surface area contributed by atoms with Crippen LogP contribution in [0.5, 0.6) is 11.5 Å². The van der Waals surface area contributed by atoms with E-state index in [0.717, 1.165) is 0 Å². The number of phenolic OH excluding ortho intramolecular Hbond substituents is 1. The van der Waals surface area contributed by atoms with Crippen LogP contribution in [0.25, 0.3) is 0 Å². The summed E-state index contributed by atoms with van der Waals surface area (Å²) >= 11 is 0. The van der Waals surface area contributed by atoms with E-state index < -0.39 is 12.6 Å². The fourth-order valence-corrected chi connectivity index (χ4v) is 0.871. The molecule has 0 bridgehead atoms. The number of rotatable bonds is 4. The van der Waals surface area contributed by atoms with Gasteiger partial charge in [-0.25, -0.2) is 4.79 Å². The molecular formula is C9H7O5. The minimum Gasteiger partial charge on any atom is -0.508 e. The van der Waals surface area contributed by atoms with Crippen LogP contribution in [0.2, 0.25) is 0 Å². The third-order valence-corrected chi connectivity index (χ3v) is 1.37. The Balaban J connectivity index is 2.81. The van der Waals surface area contributed by atoms with E-state index in [1.165, 1.54) is 18.2 Å². The van der Waals surface area contributed by atoms with Crippen molar-refractivity contribution in [1.82, 2.24) is 0 Å². The molecule has 5 heteroatoms. The smallest absolute Gasteiger partial charge is 0.341 e. The highest BCUT2D eigenvalue weighted by molar-refractivity contribution is 5.77. The monoisotopic (exact) mass is 195 g/mol. The Labute approximate surface area is 79.6 Å². The number of aliphatic carboxylic acids is 1. The Morgan fingerprint density at radius 2 is 2.14 bits per heavy atom. The number of hydrogen-bond donors (Lipinski definition) is 2. The maximum atomic E-state index is 10.2. The Morgan fingerprint density at radius 3 is 2.71 bits per heavy atom. The first-order chi connectivity index (χ1) is 6.61. The Morgan fingerprint density at radius 1 is 1.43 bits per heavy atom. The van der Waals surface area contributed by atoms with Gasteiger partial charge in [-0.15, -0.1) is 0 Å². The van der Waals surface area contributed by atoms with E-state index in [4.69, 9.17) is 14.9 Å². The van der Waals surface area contributed by atoms with Crippen LogP contribution in [0.1, 0.15) is 5.56 Å². The maximum Gasteiger partial charge on any atom is 0.341 e. The second-order valence-electron chi connectivity index (χ2n) is 2.50. The second kappa shape index (κ2) is 4.27. The van der Waals surface area contributed by atoms with Crippen molar-refractivity contribution in [3.8, 4) is 11.5 Å². The molecule has 2 N–H and O–H groups in total. The average molecular weight is 195 g/mol. The summed E-state index contributed by atoms with van der Waals surface area (Å²) < 4.78 is 4.75. The minimum absolute atomic E-state index is 0.102. The second-order valence-corrected chi connectivity index (χ2v) is 2.50. The number of carbonyl (C=O) groups is 1. The number of carboxylic acids is 1. The lowest BCUT2D eigenvalue weighted by Gasteiger charge is -2.03. The molecular weight excluding hydrogens is 188 g/mol. The number of hydrogen-bond acceptors (Lipinski definition) is 4. The van der Waals surface area contributed by atoms with Crippen LogP contribution in [0, 0.1) is 0 Å². The zero-order valence-electron chi connectivity index (χ0n) is 7.06. The van der Waals surface area contributed by atoms with Gasteiger partial charge in [-0.1, -0.05) is 0 Å². The zero-order chi connectivity index (χ0) is 10.6. The number of ether oxygens (including phenoxy) is 1. The zero-order valence-corrected chi connectivity index (χ0v) is 7.06. The summed E-state index contributed by atoms with van der Waals surface area (Å²) in [6, 6.07) is 3.69. The summed E-state index contributed by atoms with van der Waals surface area (Å²) in [4.78, 5) is 20.4. The molecule has 0 saturated carbocycles. The average Bonchev–Trinajstić information content (AvgIpc) is 2.14. The van der Waals surface area contributed by atoms with E-state index in [-0.39, 0.29) is 17.1 Å². The number of carboxylic acid groups (broad SMARTS) is 1. The van der Waals surface area contributed by atoms with Gasteiger partial charge in [-0.05, 0) is 12.1 Å². The number of carbonyl (C=O) groups excluding carboxylic acids is 1. The molecule has 0 spiro atoms. The van der Waals surface area contributed by atoms with Crippen LogP contribution < -0.4 is 4.74 Å². The molecule has 1 radical (unpaired) electrons. The molecule has 0 amide bonds. The molecule has 0 aliphatic carbocycles. The number of phenols is 1. The molecule has 0 aromatic heterocycles. The summed E-state index contributed by atoms with van der Waals surface area (Å²) in [6.07, 6.45) is 1.56. The number of benzene rings is 1. The van der Waals surface area contributed by atoms with Gasteiger partial charge >= 0.3 is 5.97 Å². The highest BCUT2D eigenvalue weighted by atomic mass is 16.5. The van der Waals surface area contributed by atoms with E-state index in [1.54, 1.807) is 6.29 Å². The molecule has 1 aromatic carbocycles. The van der Waals surface area contributed by atoms with Crippen LogP contribution in [0.3, 0.4) is 0 Å². The van der Waals surface area contributed by atoms with Crippen molar-refractivity contribution in [2.45, 2.75) is 0 Å². The van der Waals surface area contributed by atoms with Gasteiger partial charge < -0.3 is 14.9 Å². The van der Waals surface area contributed by atoms with Crippen LogP contribution >= 0.6 is 0 Å². The van der Waals surface area contributed by atoms with Gasteiger partial charge in [-0.2, -0.15) is 0 Å². The highest BCUT2D eigenvalue weighted by Gasteiger charge is 2.03. The van der Waals surface area contributed by atoms with Crippen molar-refractivity contribution < 1.29 is 24.5 Å². The van der Waals surface area contributed by atoms with E-state index in [0.29, 0.717) is 0 Å². The van der Waals surface area contributed by atoms with Gasteiger partial charge in [0.15, 0.2) is 6.61 Å². The molecule has 0 atom stereocenters. The first-order valence-electron chi connectivity index (χ1n) is 3.68. The molecule has 0 heterocycles. The van der Waals surface area contributed by atoms with Crippen LogP contribution in [0.15, 0.2) is 18.2 Å². The molecule has 0 aliphatic rings. The largest absolute Gasteiger partial charge is 0.508 e. The Hall–Kier alpha value is -2.04. The summed E-state index contributed by atoms with van der Waals surface area (Å²) in [6.45, 7) is -0.526. The SMILES string of the molecule is O=[C]c1cc(O)cc(OCC(=O)O)c1.